The van der Waals surface area contributed by atoms with Crippen molar-refractivity contribution in [3.63, 3.8) is 0 Å². The van der Waals surface area contributed by atoms with Gasteiger partial charge in [0.15, 0.2) is 11.5 Å². The van der Waals surface area contributed by atoms with Crippen molar-refractivity contribution >= 4 is 5.91 Å². The van der Waals surface area contributed by atoms with Gasteiger partial charge in [-0.25, -0.2) is 0 Å². The number of rotatable bonds is 5. The molecule has 0 radical (unpaired) electrons. The number of carbonyl (C=O) groups excluding carboxylic acids is 1. The normalized spacial score (nSPS) is 20.1. The van der Waals surface area contributed by atoms with Gasteiger partial charge >= 0.3 is 0 Å². The summed E-state index contributed by atoms with van der Waals surface area (Å²) in [4.78, 5) is 11.8. The molecule has 21 heavy (non-hydrogen) atoms. The molecular weight excluding hydrogens is 276 g/mol. The van der Waals surface area contributed by atoms with E-state index in [2.05, 4.69) is 10.6 Å². The predicted molar refractivity (Wildman–Crippen MR) is 73.7 cm³/mol. The van der Waals surface area contributed by atoms with E-state index in [-0.39, 0.29) is 18.7 Å². The second-order valence-electron chi connectivity index (χ2n) is 4.74. The first kappa shape index (κ1) is 14.0. The second-order valence-corrected chi connectivity index (χ2v) is 4.74. The van der Waals surface area contributed by atoms with Crippen molar-refractivity contribution in [1.29, 1.82) is 0 Å². The molecular formula is C14H18N2O5. The number of nitrogens with one attached hydrogen (secondary N) is 2. The Labute approximate surface area is 122 Å². The Kier molecular flexibility index (Phi) is 4.42. The Bertz CT molecular complexity index is 502. The molecule has 1 unspecified atom stereocenters. The Hall–Kier alpha value is -1.99. The molecule has 1 fully saturated rings. The van der Waals surface area contributed by atoms with Crippen molar-refractivity contribution in [3.8, 4) is 17.2 Å². The van der Waals surface area contributed by atoms with Crippen LogP contribution in [0.3, 0.4) is 0 Å². The molecule has 1 aromatic carbocycles. The van der Waals surface area contributed by atoms with E-state index < -0.39 is 0 Å². The zero-order valence-electron chi connectivity index (χ0n) is 11.6. The zero-order valence-corrected chi connectivity index (χ0v) is 11.6. The number of morpholine rings is 1. The van der Waals surface area contributed by atoms with Crippen LogP contribution in [0.5, 0.6) is 17.2 Å². The minimum atomic E-state index is -0.274. The lowest BCUT2D eigenvalue weighted by Gasteiger charge is -2.22. The molecule has 114 valence electrons. The third kappa shape index (κ3) is 3.56. The average Bonchev–Trinajstić information content (AvgIpc) is 3.00. The number of benzene rings is 1. The number of hydrogen-bond donors (Lipinski definition) is 2. The molecule has 1 aromatic rings. The monoisotopic (exact) mass is 294 g/mol. The van der Waals surface area contributed by atoms with Gasteiger partial charge in [-0.2, -0.15) is 0 Å². The summed E-state index contributed by atoms with van der Waals surface area (Å²) in [7, 11) is 0. The lowest BCUT2D eigenvalue weighted by atomic mass is 10.2. The fourth-order valence-electron chi connectivity index (χ4n) is 2.17. The van der Waals surface area contributed by atoms with Gasteiger partial charge in [0.25, 0.3) is 0 Å². The Balaban J connectivity index is 1.39. The largest absolute Gasteiger partial charge is 0.492 e. The van der Waals surface area contributed by atoms with Crippen molar-refractivity contribution < 1.29 is 23.7 Å². The van der Waals surface area contributed by atoms with Crippen molar-refractivity contribution in [2.75, 3.05) is 39.7 Å². The van der Waals surface area contributed by atoms with E-state index in [0.717, 1.165) is 5.75 Å². The highest BCUT2D eigenvalue weighted by molar-refractivity contribution is 5.81. The quantitative estimate of drug-likeness (QED) is 0.738. The number of fused-ring (bicyclic) bond motifs is 1. The third-order valence-electron chi connectivity index (χ3n) is 3.25. The first-order chi connectivity index (χ1) is 10.3. The summed E-state index contributed by atoms with van der Waals surface area (Å²) < 4.78 is 21.3. The molecule has 2 aliphatic rings. The van der Waals surface area contributed by atoms with E-state index in [0.29, 0.717) is 44.4 Å². The predicted octanol–water partition coefficient (Wildman–Crippen LogP) is -0.101. The number of ether oxygens (including phenoxy) is 4. The first-order valence-electron chi connectivity index (χ1n) is 6.94. The maximum absolute atomic E-state index is 11.8. The molecule has 7 nitrogen and oxygen atoms in total. The van der Waals surface area contributed by atoms with E-state index in [9.17, 15) is 4.79 Å². The van der Waals surface area contributed by atoms with Crippen LogP contribution in [-0.4, -0.2) is 51.7 Å². The highest BCUT2D eigenvalue weighted by atomic mass is 16.7. The summed E-state index contributed by atoms with van der Waals surface area (Å²) in [5, 5.41) is 5.91. The van der Waals surface area contributed by atoms with Gasteiger partial charge in [0.2, 0.25) is 12.7 Å². The molecule has 0 spiro atoms. The maximum Gasteiger partial charge on any atom is 0.239 e. The van der Waals surface area contributed by atoms with E-state index in [1.807, 2.05) is 6.07 Å². The molecule has 0 bridgehead atoms. The topological polar surface area (TPSA) is 78.1 Å². The van der Waals surface area contributed by atoms with Crippen LogP contribution in [0.2, 0.25) is 0 Å². The lowest BCUT2D eigenvalue weighted by molar-refractivity contribution is -0.126. The van der Waals surface area contributed by atoms with Gasteiger partial charge in [-0.1, -0.05) is 0 Å². The van der Waals surface area contributed by atoms with Crippen molar-refractivity contribution in [1.82, 2.24) is 10.6 Å². The van der Waals surface area contributed by atoms with Gasteiger partial charge < -0.3 is 29.6 Å². The summed E-state index contributed by atoms with van der Waals surface area (Å²) >= 11 is 0. The van der Waals surface area contributed by atoms with Gasteiger partial charge in [0, 0.05) is 12.6 Å². The second kappa shape index (κ2) is 6.64. The minimum absolute atomic E-state index is 0.0658. The van der Waals surface area contributed by atoms with Crippen LogP contribution in [0.1, 0.15) is 0 Å². The number of hydrogen-bond acceptors (Lipinski definition) is 6. The van der Waals surface area contributed by atoms with Crippen molar-refractivity contribution in [2.45, 2.75) is 6.04 Å². The summed E-state index contributed by atoms with van der Waals surface area (Å²) in [6.45, 7) is 2.83. The fraction of sp³-hybridized carbons (Fsp3) is 0.500. The molecule has 7 heteroatoms. The van der Waals surface area contributed by atoms with Crippen LogP contribution >= 0.6 is 0 Å². The van der Waals surface area contributed by atoms with Crippen LogP contribution in [0, 0.1) is 0 Å². The smallest absolute Gasteiger partial charge is 0.239 e. The standard InChI is InChI=1S/C14H18N2O5/c17-14(11-8-18-5-3-15-11)16-4-6-19-10-1-2-12-13(7-10)21-9-20-12/h1-2,7,11,15H,3-6,8-9H2,(H,16,17). The maximum atomic E-state index is 11.8. The molecule has 0 saturated carbocycles. The molecule has 1 atom stereocenters. The van der Waals surface area contributed by atoms with Gasteiger partial charge in [0.1, 0.15) is 18.4 Å². The van der Waals surface area contributed by atoms with Crippen LogP contribution in [0.25, 0.3) is 0 Å². The molecule has 1 amide bonds. The fourth-order valence-corrected chi connectivity index (χ4v) is 2.17. The molecule has 2 heterocycles. The highest BCUT2D eigenvalue weighted by Gasteiger charge is 2.20. The molecule has 3 rings (SSSR count). The van der Waals surface area contributed by atoms with Gasteiger partial charge in [-0.15, -0.1) is 0 Å². The minimum Gasteiger partial charge on any atom is -0.492 e. The summed E-state index contributed by atoms with van der Waals surface area (Å²) in [6.07, 6.45) is 0. The summed E-state index contributed by atoms with van der Waals surface area (Å²) in [5.74, 6) is 2.02. The van der Waals surface area contributed by atoms with Gasteiger partial charge in [0.05, 0.1) is 19.8 Å². The van der Waals surface area contributed by atoms with E-state index in [1.165, 1.54) is 0 Å². The van der Waals surface area contributed by atoms with E-state index in [4.69, 9.17) is 18.9 Å². The lowest BCUT2D eigenvalue weighted by Crippen LogP contribution is -2.51. The van der Waals surface area contributed by atoms with Crippen LogP contribution < -0.4 is 24.8 Å². The molecule has 1 saturated heterocycles. The van der Waals surface area contributed by atoms with Gasteiger partial charge in [-0.05, 0) is 12.1 Å². The highest BCUT2D eigenvalue weighted by Crippen LogP contribution is 2.34. The SMILES string of the molecule is O=C(NCCOc1ccc2c(c1)OCO2)C1COCCN1. The Morgan fingerprint density at radius 3 is 3.14 bits per heavy atom. The average molecular weight is 294 g/mol. The Morgan fingerprint density at radius 1 is 1.38 bits per heavy atom. The van der Waals surface area contributed by atoms with Gasteiger partial charge in [-0.3, -0.25) is 4.79 Å². The number of carbonyl (C=O) groups is 1. The molecule has 0 aliphatic carbocycles. The van der Waals surface area contributed by atoms with Crippen molar-refractivity contribution in [3.05, 3.63) is 18.2 Å². The third-order valence-corrected chi connectivity index (χ3v) is 3.25. The van der Waals surface area contributed by atoms with Crippen LogP contribution in [0.15, 0.2) is 18.2 Å². The summed E-state index contributed by atoms with van der Waals surface area (Å²) in [5.41, 5.74) is 0. The van der Waals surface area contributed by atoms with E-state index in [1.54, 1.807) is 12.1 Å². The first-order valence-corrected chi connectivity index (χ1v) is 6.94. The molecule has 0 aromatic heterocycles. The summed E-state index contributed by atoms with van der Waals surface area (Å²) in [6, 6.07) is 5.12. The zero-order chi connectivity index (χ0) is 14.5. The Morgan fingerprint density at radius 2 is 2.29 bits per heavy atom. The molecule has 2 aliphatic heterocycles. The van der Waals surface area contributed by atoms with Crippen LogP contribution in [-0.2, 0) is 9.53 Å². The number of amides is 1. The van der Waals surface area contributed by atoms with Crippen LogP contribution in [0.4, 0.5) is 0 Å². The van der Waals surface area contributed by atoms with Crippen molar-refractivity contribution in [2.24, 2.45) is 0 Å². The molecule has 2 N–H and O–H groups in total. The van der Waals surface area contributed by atoms with E-state index >= 15 is 0 Å².